The van der Waals surface area contributed by atoms with Gasteiger partial charge in [0.25, 0.3) is 0 Å². The van der Waals surface area contributed by atoms with Crippen molar-refractivity contribution in [2.75, 3.05) is 0 Å². The topological polar surface area (TPSA) is 52.3 Å². The van der Waals surface area contributed by atoms with Gasteiger partial charge in [0.05, 0.1) is 0 Å². The van der Waals surface area contributed by atoms with Crippen LogP contribution in [0.3, 0.4) is 0 Å². The molecule has 0 spiro atoms. The molecule has 0 amide bonds. The molecule has 3 nitrogen and oxygen atoms in total. The Balaban J connectivity index is 2.60. The fourth-order valence-corrected chi connectivity index (χ4v) is 1.66. The SMILES string of the molecule is C=CC/C(=C\C(=O)OCc1ccccc1)C/C=C(/N)C=C. The van der Waals surface area contributed by atoms with Crippen LogP contribution in [-0.4, -0.2) is 5.97 Å². The van der Waals surface area contributed by atoms with Gasteiger partial charge >= 0.3 is 5.97 Å². The molecule has 1 aromatic rings. The fourth-order valence-electron chi connectivity index (χ4n) is 1.66. The van der Waals surface area contributed by atoms with E-state index in [4.69, 9.17) is 10.5 Å². The zero-order chi connectivity index (χ0) is 15.5. The monoisotopic (exact) mass is 283 g/mol. The van der Waals surface area contributed by atoms with Gasteiger partial charge in [-0.3, -0.25) is 0 Å². The van der Waals surface area contributed by atoms with Crippen molar-refractivity contribution in [3.05, 3.63) is 84.6 Å². The maximum absolute atomic E-state index is 11.8. The van der Waals surface area contributed by atoms with Crippen molar-refractivity contribution in [3.63, 3.8) is 0 Å². The van der Waals surface area contributed by atoms with Crippen LogP contribution in [0.4, 0.5) is 0 Å². The maximum atomic E-state index is 11.8. The summed E-state index contributed by atoms with van der Waals surface area (Å²) < 4.78 is 5.22. The third-order valence-electron chi connectivity index (χ3n) is 2.79. The van der Waals surface area contributed by atoms with Gasteiger partial charge in [0.15, 0.2) is 0 Å². The molecule has 0 radical (unpaired) electrons. The van der Waals surface area contributed by atoms with Gasteiger partial charge in [-0.25, -0.2) is 4.79 Å². The molecular weight excluding hydrogens is 262 g/mol. The Morgan fingerprint density at radius 3 is 2.52 bits per heavy atom. The van der Waals surface area contributed by atoms with Crippen LogP contribution in [0.15, 0.2) is 79.1 Å². The molecule has 0 aliphatic heterocycles. The predicted molar refractivity (Wildman–Crippen MR) is 86.2 cm³/mol. The summed E-state index contributed by atoms with van der Waals surface area (Å²) in [6.07, 6.45) is 7.81. The lowest BCUT2D eigenvalue weighted by molar-refractivity contribution is -0.139. The molecule has 0 atom stereocenters. The molecule has 0 aromatic heterocycles. The number of esters is 1. The molecule has 1 aromatic carbocycles. The van der Waals surface area contributed by atoms with Crippen LogP contribution in [0, 0.1) is 0 Å². The first kappa shape index (κ1) is 16.5. The zero-order valence-corrected chi connectivity index (χ0v) is 12.1. The Bertz CT molecular complexity index is 542. The summed E-state index contributed by atoms with van der Waals surface area (Å²) in [4.78, 5) is 11.8. The van der Waals surface area contributed by atoms with E-state index in [2.05, 4.69) is 13.2 Å². The molecule has 0 bridgehead atoms. The number of carbonyl (C=O) groups excluding carboxylic acids is 1. The van der Waals surface area contributed by atoms with Gasteiger partial charge < -0.3 is 10.5 Å². The van der Waals surface area contributed by atoms with Crippen molar-refractivity contribution in [2.45, 2.75) is 19.4 Å². The van der Waals surface area contributed by atoms with E-state index < -0.39 is 0 Å². The van der Waals surface area contributed by atoms with Crippen LogP contribution in [0.2, 0.25) is 0 Å². The number of allylic oxidation sites excluding steroid dienone is 4. The molecule has 0 fully saturated rings. The van der Waals surface area contributed by atoms with Gasteiger partial charge in [-0.1, -0.05) is 54.6 Å². The second kappa shape index (κ2) is 9.37. The summed E-state index contributed by atoms with van der Waals surface area (Å²) in [6.45, 7) is 7.53. The van der Waals surface area contributed by atoms with E-state index in [1.807, 2.05) is 36.4 Å². The highest BCUT2D eigenvalue weighted by atomic mass is 16.5. The van der Waals surface area contributed by atoms with E-state index >= 15 is 0 Å². The average Bonchev–Trinajstić information content (AvgIpc) is 2.51. The number of carbonyl (C=O) groups is 1. The second-order valence-electron chi connectivity index (χ2n) is 4.50. The van der Waals surface area contributed by atoms with E-state index in [1.165, 1.54) is 6.08 Å². The summed E-state index contributed by atoms with van der Waals surface area (Å²) in [7, 11) is 0. The lowest BCUT2D eigenvalue weighted by Gasteiger charge is -2.04. The van der Waals surface area contributed by atoms with Crippen molar-refractivity contribution >= 4 is 5.97 Å². The largest absolute Gasteiger partial charge is 0.458 e. The second-order valence-corrected chi connectivity index (χ2v) is 4.50. The van der Waals surface area contributed by atoms with E-state index in [-0.39, 0.29) is 12.6 Å². The molecule has 0 unspecified atom stereocenters. The van der Waals surface area contributed by atoms with Crippen LogP contribution in [0.25, 0.3) is 0 Å². The fraction of sp³-hybridized carbons (Fsp3) is 0.167. The lowest BCUT2D eigenvalue weighted by Crippen LogP contribution is -2.02. The quantitative estimate of drug-likeness (QED) is 0.343. The highest BCUT2D eigenvalue weighted by Gasteiger charge is 2.02. The minimum atomic E-state index is -0.360. The van der Waals surface area contributed by atoms with Gasteiger partial charge in [0, 0.05) is 11.8 Å². The number of ether oxygens (including phenoxy) is 1. The maximum Gasteiger partial charge on any atom is 0.331 e. The van der Waals surface area contributed by atoms with E-state index in [0.29, 0.717) is 18.5 Å². The number of hydrogen-bond acceptors (Lipinski definition) is 3. The van der Waals surface area contributed by atoms with E-state index in [9.17, 15) is 4.79 Å². The molecule has 3 heteroatoms. The first-order valence-corrected chi connectivity index (χ1v) is 6.74. The number of hydrogen-bond donors (Lipinski definition) is 1. The molecule has 2 N–H and O–H groups in total. The summed E-state index contributed by atoms with van der Waals surface area (Å²) in [5.74, 6) is -0.360. The number of rotatable bonds is 8. The predicted octanol–water partition coefficient (Wildman–Crippen LogP) is 3.65. The summed E-state index contributed by atoms with van der Waals surface area (Å²) >= 11 is 0. The Kier molecular flexibility index (Phi) is 7.36. The Hall–Kier alpha value is -2.55. The molecular formula is C18H21NO2. The van der Waals surface area contributed by atoms with Gasteiger partial charge in [0.2, 0.25) is 0 Å². The molecule has 0 saturated heterocycles. The lowest BCUT2D eigenvalue weighted by atomic mass is 10.1. The van der Waals surface area contributed by atoms with Gasteiger partial charge in [-0.2, -0.15) is 0 Å². The molecule has 21 heavy (non-hydrogen) atoms. The molecule has 0 aliphatic rings. The summed E-state index contributed by atoms with van der Waals surface area (Å²) in [5.41, 5.74) is 8.10. The molecule has 1 rings (SSSR count). The molecule has 0 saturated carbocycles. The zero-order valence-electron chi connectivity index (χ0n) is 12.1. The summed E-state index contributed by atoms with van der Waals surface area (Å²) in [6, 6.07) is 9.56. The Morgan fingerprint density at radius 2 is 1.90 bits per heavy atom. The van der Waals surface area contributed by atoms with Crippen molar-refractivity contribution in [2.24, 2.45) is 5.73 Å². The molecule has 0 heterocycles. The number of nitrogens with two attached hydrogens (primary N) is 1. The van der Waals surface area contributed by atoms with Crippen LogP contribution in [-0.2, 0) is 16.1 Å². The normalized spacial score (nSPS) is 11.8. The van der Waals surface area contributed by atoms with Crippen molar-refractivity contribution in [3.8, 4) is 0 Å². The molecule has 0 aliphatic carbocycles. The first-order chi connectivity index (χ1) is 10.2. The van der Waals surface area contributed by atoms with Crippen molar-refractivity contribution < 1.29 is 9.53 Å². The minimum Gasteiger partial charge on any atom is -0.458 e. The smallest absolute Gasteiger partial charge is 0.331 e. The van der Waals surface area contributed by atoms with Crippen LogP contribution < -0.4 is 5.73 Å². The average molecular weight is 283 g/mol. The van der Waals surface area contributed by atoms with Crippen LogP contribution in [0.1, 0.15) is 18.4 Å². The Morgan fingerprint density at radius 1 is 1.19 bits per heavy atom. The Labute approximate surface area is 126 Å². The van der Waals surface area contributed by atoms with Crippen molar-refractivity contribution in [1.29, 1.82) is 0 Å². The minimum absolute atomic E-state index is 0.266. The van der Waals surface area contributed by atoms with Crippen molar-refractivity contribution in [1.82, 2.24) is 0 Å². The third kappa shape index (κ3) is 6.97. The summed E-state index contributed by atoms with van der Waals surface area (Å²) in [5, 5.41) is 0. The number of benzene rings is 1. The van der Waals surface area contributed by atoms with Gasteiger partial charge in [-0.15, -0.1) is 6.58 Å². The highest BCUT2D eigenvalue weighted by molar-refractivity contribution is 5.82. The van der Waals surface area contributed by atoms with Gasteiger partial charge in [0.1, 0.15) is 6.61 Å². The van der Waals surface area contributed by atoms with E-state index in [1.54, 1.807) is 12.2 Å². The van der Waals surface area contributed by atoms with Crippen LogP contribution in [0.5, 0.6) is 0 Å². The molecule has 110 valence electrons. The van der Waals surface area contributed by atoms with Gasteiger partial charge in [-0.05, 0) is 24.5 Å². The first-order valence-electron chi connectivity index (χ1n) is 6.74. The third-order valence-corrected chi connectivity index (χ3v) is 2.79. The highest BCUT2D eigenvalue weighted by Crippen LogP contribution is 2.11. The van der Waals surface area contributed by atoms with E-state index in [0.717, 1.165) is 11.1 Å². The standard InChI is InChI=1S/C18H21NO2/c1-3-8-15(11-12-17(19)4-2)13-18(20)21-14-16-9-6-5-7-10-16/h3-7,9-10,12-13H,1-2,8,11,14,19H2/b15-13+,17-12+. The van der Waals surface area contributed by atoms with Crippen LogP contribution >= 0.6 is 0 Å².